The summed E-state index contributed by atoms with van der Waals surface area (Å²) < 4.78 is 22.3. The minimum Gasteiger partial charge on any atom is -0.486 e. The van der Waals surface area contributed by atoms with E-state index < -0.39 is 22.9 Å². The smallest absolute Gasteiger partial charge is 0.324 e. The summed E-state index contributed by atoms with van der Waals surface area (Å²) in [6.07, 6.45) is 1.69. The normalized spacial score (nSPS) is 17.4. The first kappa shape index (κ1) is 27.5. The van der Waals surface area contributed by atoms with Crippen LogP contribution in [0, 0.1) is 20.8 Å². The molecule has 3 rings (SSSR count). The number of fused-ring (bicyclic) bond motifs is 1. The van der Waals surface area contributed by atoms with Crippen molar-refractivity contribution in [3.05, 3.63) is 52.1 Å². The largest absolute Gasteiger partial charge is 0.486 e. The van der Waals surface area contributed by atoms with Gasteiger partial charge >= 0.3 is 17.9 Å². The maximum absolute atomic E-state index is 12.8. The standard InChI is InChI=1S/C28H33ClO7/c1-7-33-27(32)23(29)14-20-8-10-21(11-9-20)35-24(31)15-28(6)13-12-22-18(4)25(34-19(5)30)16(2)17(3)26(22)36-28/h8-11,23H,7,12-15H2,1-6H3. The van der Waals surface area contributed by atoms with E-state index in [1.807, 2.05) is 27.7 Å². The zero-order valence-corrected chi connectivity index (χ0v) is 22.4. The number of carbonyl (C=O) groups excluding carboxylic acids is 3. The van der Waals surface area contributed by atoms with Crippen LogP contribution in [0.2, 0.25) is 0 Å². The Morgan fingerprint density at radius 2 is 1.72 bits per heavy atom. The molecule has 0 N–H and O–H groups in total. The summed E-state index contributed by atoms with van der Waals surface area (Å²) >= 11 is 6.09. The Bertz CT molecular complexity index is 1160. The number of rotatable bonds is 8. The fourth-order valence-corrected chi connectivity index (χ4v) is 4.63. The van der Waals surface area contributed by atoms with E-state index in [0.717, 1.165) is 33.6 Å². The molecular formula is C28H33ClO7. The van der Waals surface area contributed by atoms with Crippen molar-refractivity contribution < 1.29 is 33.3 Å². The van der Waals surface area contributed by atoms with Gasteiger partial charge in [-0.2, -0.15) is 0 Å². The lowest BCUT2D eigenvalue weighted by atomic mass is 9.85. The summed E-state index contributed by atoms with van der Waals surface area (Å²) in [6.45, 7) is 11.0. The van der Waals surface area contributed by atoms with Crippen LogP contribution in [0.4, 0.5) is 0 Å². The SMILES string of the molecule is CCOC(=O)C(Cl)Cc1ccc(OC(=O)CC2(C)CCc3c(C)c(OC(C)=O)c(C)c(C)c3O2)cc1. The summed E-state index contributed by atoms with van der Waals surface area (Å²) in [5, 5.41) is -0.773. The highest BCUT2D eigenvalue weighted by molar-refractivity contribution is 6.30. The highest BCUT2D eigenvalue weighted by Gasteiger charge is 2.37. The van der Waals surface area contributed by atoms with Crippen LogP contribution in [0.15, 0.2) is 24.3 Å². The summed E-state index contributed by atoms with van der Waals surface area (Å²) in [5.41, 5.74) is 3.71. The zero-order valence-electron chi connectivity index (χ0n) is 21.7. The number of hydrogen-bond acceptors (Lipinski definition) is 7. The first-order valence-corrected chi connectivity index (χ1v) is 12.5. The van der Waals surface area contributed by atoms with Crippen LogP contribution in [0.3, 0.4) is 0 Å². The molecule has 194 valence electrons. The van der Waals surface area contributed by atoms with Crippen molar-refractivity contribution in [2.45, 2.75) is 78.2 Å². The van der Waals surface area contributed by atoms with Crippen LogP contribution in [0.5, 0.6) is 17.2 Å². The Morgan fingerprint density at radius 3 is 2.33 bits per heavy atom. The Kier molecular flexibility index (Phi) is 8.67. The minimum atomic E-state index is -0.773. The van der Waals surface area contributed by atoms with E-state index >= 15 is 0 Å². The van der Waals surface area contributed by atoms with Crippen molar-refractivity contribution in [2.75, 3.05) is 6.61 Å². The molecule has 0 saturated heterocycles. The Morgan fingerprint density at radius 1 is 1.06 bits per heavy atom. The van der Waals surface area contributed by atoms with Gasteiger partial charge in [0.05, 0.1) is 13.0 Å². The maximum Gasteiger partial charge on any atom is 0.324 e. The fraction of sp³-hybridized carbons (Fsp3) is 0.464. The number of alkyl halides is 1. The van der Waals surface area contributed by atoms with Crippen LogP contribution < -0.4 is 14.2 Å². The summed E-state index contributed by atoms with van der Waals surface area (Å²) in [5.74, 6) is 0.498. The molecule has 2 atom stereocenters. The van der Waals surface area contributed by atoms with Crippen LogP contribution in [-0.4, -0.2) is 35.5 Å². The predicted molar refractivity (Wildman–Crippen MR) is 136 cm³/mol. The summed E-state index contributed by atoms with van der Waals surface area (Å²) in [7, 11) is 0. The lowest BCUT2D eigenvalue weighted by molar-refractivity contribution is -0.142. The average Bonchev–Trinajstić information content (AvgIpc) is 2.81. The van der Waals surface area contributed by atoms with Gasteiger partial charge in [0.25, 0.3) is 0 Å². The Balaban J connectivity index is 1.66. The van der Waals surface area contributed by atoms with Crippen LogP contribution in [0.1, 0.15) is 61.4 Å². The maximum atomic E-state index is 12.8. The van der Waals surface area contributed by atoms with Gasteiger partial charge in [0.1, 0.15) is 28.2 Å². The van der Waals surface area contributed by atoms with E-state index in [1.165, 1.54) is 6.92 Å². The van der Waals surface area contributed by atoms with Gasteiger partial charge in [0, 0.05) is 12.5 Å². The number of benzene rings is 2. The number of halogens is 1. The molecule has 0 aromatic heterocycles. The molecular weight excluding hydrogens is 484 g/mol. The van der Waals surface area contributed by atoms with Crippen molar-refractivity contribution in [3.8, 4) is 17.2 Å². The minimum absolute atomic E-state index is 0.0734. The van der Waals surface area contributed by atoms with Crippen molar-refractivity contribution in [2.24, 2.45) is 0 Å². The molecule has 36 heavy (non-hydrogen) atoms. The molecule has 1 aliphatic rings. The summed E-state index contributed by atoms with van der Waals surface area (Å²) in [6, 6.07) is 6.88. The molecule has 7 nitrogen and oxygen atoms in total. The van der Waals surface area contributed by atoms with Crippen molar-refractivity contribution in [1.82, 2.24) is 0 Å². The van der Waals surface area contributed by atoms with Crippen LogP contribution in [-0.2, 0) is 32.0 Å². The molecule has 0 spiro atoms. The van der Waals surface area contributed by atoms with Gasteiger partial charge in [-0.05, 0) is 88.3 Å². The molecule has 0 radical (unpaired) electrons. The van der Waals surface area contributed by atoms with Gasteiger partial charge in [-0.15, -0.1) is 11.6 Å². The molecule has 1 heterocycles. The quantitative estimate of drug-likeness (QED) is 0.266. The zero-order chi connectivity index (χ0) is 26.6. The monoisotopic (exact) mass is 516 g/mol. The lowest BCUT2D eigenvalue weighted by Crippen LogP contribution is -2.40. The van der Waals surface area contributed by atoms with Gasteiger partial charge in [0.15, 0.2) is 0 Å². The fourth-order valence-electron chi connectivity index (χ4n) is 4.39. The molecule has 0 bridgehead atoms. The second kappa shape index (κ2) is 11.3. The second-order valence-electron chi connectivity index (χ2n) is 9.38. The molecule has 0 aliphatic carbocycles. The predicted octanol–water partition coefficient (Wildman–Crippen LogP) is 5.33. The molecule has 1 aliphatic heterocycles. The first-order valence-electron chi connectivity index (χ1n) is 12.0. The highest BCUT2D eigenvalue weighted by Crippen LogP contribution is 2.44. The number of esters is 3. The summed E-state index contributed by atoms with van der Waals surface area (Å²) in [4.78, 5) is 36.1. The van der Waals surface area contributed by atoms with Gasteiger partial charge < -0.3 is 18.9 Å². The Labute approximate surface area is 217 Å². The van der Waals surface area contributed by atoms with E-state index in [-0.39, 0.29) is 19.0 Å². The third-order valence-corrected chi connectivity index (χ3v) is 6.77. The number of hydrogen-bond donors (Lipinski definition) is 0. The average molecular weight is 517 g/mol. The van der Waals surface area contributed by atoms with E-state index in [4.69, 9.17) is 30.5 Å². The van der Waals surface area contributed by atoms with E-state index in [9.17, 15) is 14.4 Å². The molecule has 0 amide bonds. The third-order valence-electron chi connectivity index (χ3n) is 6.44. The second-order valence-corrected chi connectivity index (χ2v) is 9.90. The van der Waals surface area contributed by atoms with Crippen molar-refractivity contribution in [1.29, 1.82) is 0 Å². The topological polar surface area (TPSA) is 88.1 Å². The Hall–Kier alpha value is -3.06. The number of ether oxygens (including phenoxy) is 4. The third kappa shape index (κ3) is 6.38. The lowest BCUT2D eigenvalue weighted by Gasteiger charge is -2.37. The molecule has 2 aromatic carbocycles. The van der Waals surface area contributed by atoms with E-state index in [1.54, 1.807) is 31.2 Å². The van der Waals surface area contributed by atoms with Crippen LogP contribution >= 0.6 is 11.6 Å². The van der Waals surface area contributed by atoms with Crippen molar-refractivity contribution in [3.63, 3.8) is 0 Å². The van der Waals surface area contributed by atoms with Gasteiger partial charge in [-0.3, -0.25) is 14.4 Å². The van der Waals surface area contributed by atoms with Gasteiger partial charge in [-0.25, -0.2) is 0 Å². The van der Waals surface area contributed by atoms with E-state index in [0.29, 0.717) is 30.8 Å². The van der Waals surface area contributed by atoms with Gasteiger partial charge in [0.2, 0.25) is 0 Å². The number of carbonyl (C=O) groups is 3. The molecule has 2 aromatic rings. The van der Waals surface area contributed by atoms with E-state index in [2.05, 4.69) is 0 Å². The molecule has 8 heteroatoms. The van der Waals surface area contributed by atoms with Crippen LogP contribution in [0.25, 0.3) is 0 Å². The molecule has 2 unspecified atom stereocenters. The first-order chi connectivity index (χ1) is 16.9. The highest BCUT2D eigenvalue weighted by atomic mass is 35.5. The molecule has 0 saturated carbocycles. The van der Waals surface area contributed by atoms with Gasteiger partial charge in [-0.1, -0.05) is 12.1 Å². The van der Waals surface area contributed by atoms with Crippen molar-refractivity contribution >= 4 is 29.5 Å². The molecule has 0 fully saturated rings.